The molecule has 0 spiro atoms. The summed E-state index contributed by atoms with van der Waals surface area (Å²) in [4.78, 5) is 0. The predicted octanol–water partition coefficient (Wildman–Crippen LogP) is 3.91. The smallest absolute Gasteiger partial charge is 0.0102 e. The molecule has 1 rings (SSSR count). The molecule has 0 aromatic carbocycles. The van der Waals surface area contributed by atoms with E-state index in [0.29, 0.717) is 0 Å². The van der Waals surface area contributed by atoms with Gasteiger partial charge in [-0.05, 0) is 45.3 Å². The third kappa shape index (κ3) is 2.53. The molecule has 0 saturated heterocycles. The molecule has 66 valence electrons. The lowest BCUT2D eigenvalue weighted by atomic mass is 10.1. The average Bonchev–Trinajstić information content (AvgIpc) is 1.98. The zero-order valence-electron chi connectivity index (χ0n) is 7.52. The Labute approximate surface area is 81.6 Å². The Morgan fingerprint density at radius 3 is 1.09 bits per heavy atom. The van der Waals surface area contributed by atoms with Crippen LogP contribution in [0, 0.1) is 0 Å². The summed E-state index contributed by atoms with van der Waals surface area (Å²) in [7, 11) is 0. The molecule has 1 aliphatic rings. The first-order valence-corrected chi connectivity index (χ1v) is 3.46. The molecule has 0 nitrogen and oxygen atoms in total. The van der Waals surface area contributed by atoms with Crippen LogP contribution in [-0.4, -0.2) is 0 Å². The number of hydrogen-bond donors (Lipinski definition) is 0. The van der Waals surface area contributed by atoms with Crippen molar-refractivity contribution in [1.82, 2.24) is 0 Å². The molecule has 0 atom stereocenters. The number of halogens is 2. The molecule has 11 heavy (non-hydrogen) atoms. The number of hydrogen-bond acceptors (Lipinski definition) is 0. The molecule has 1 aliphatic carbocycles. The molecule has 2 heteroatoms. The highest BCUT2D eigenvalue weighted by Gasteiger charge is 2.10. The standard InChI is InChI=1S/C9H14.2ClH/c1-6-5-7(2)9(4)8(6)3;;/h5H2,1-4H3;2*1H. The van der Waals surface area contributed by atoms with Crippen molar-refractivity contribution in [1.29, 1.82) is 0 Å². The van der Waals surface area contributed by atoms with Gasteiger partial charge >= 0.3 is 0 Å². The van der Waals surface area contributed by atoms with E-state index in [1.165, 1.54) is 17.6 Å². The summed E-state index contributed by atoms with van der Waals surface area (Å²) in [6, 6.07) is 0. The SMILES string of the molecule is CC1=C(C)C(C)=C(C)C1.Cl.Cl. The van der Waals surface area contributed by atoms with E-state index in [1.54, 1.807) is 11.1 Å². The summed E-state index contributed by atoms with van der Waals surface area (Å²) >= 11 is 0. The molecule has 0 bridgehead atoms. The summed E-state index contributed by atoms with van der Waals surface area (Å²) < 4.78 is 0. The highest BCUT2D eigenvalue weighted by Crippen LogP contribution is 2.30. The maximum atomic E-state index is 2.22. The van der Waals surface area contributed by atoms with E-state index in [9.17, 15) is 0 Å². The fraction of sp³-hybridized carbons (Fsp3) is 0.556. The summed E-state index contributed by atoms with van der Waals surface area (Å²) in [5, 5.41) is 0. The van der Waals surface area contributed by atoms with Crippen molar-refractivity contribution in [3.63, 3.8) is 0 Å². The lowest BCUT2D eigenvalue weighted by Crippen LogP contribution is -1.74. The van der Waals surface area contributed by atoms with Crippen LogP contribution in [0.15, 0.2) is 22.3 Å². The summed E-state index contributed by atoms with van der Waals surface area (Å²) in [5.41, 5.74) is 6.11. The van der Waals surface area contributed by atoms with Crippen LogP contribution >= 0.6 is 24.8 Å². The van der Waals surface area contributed by atoms with E-state index in [1.807, 2.05) is 0 Å². The highest BCUT2D eigenvalue weighted by molar-refractivity contribution is 5.85. The first kappa shape index (κ1) is 13.6. The van der Waals surface area contributed by atoms with Crippen LogP contribution in [0.5, 0.6) is 0 Å². The van der Waals surface area contributed by atoms with Gasteiger partial charge in [0.2, 0.25) is 0 Å². The second kappa shape index (κ2) is 4.84. The third-order valence-electron chi connectivity index (χ3n) is 2.37. The van der Waals surface area contributed by atoms with Gasteiger partial charge in [-0.15, -0.1) is 24.8 Å². The van der Waals surface area contributed by atoms with Gasteiger partial charge in [0.05, 0.1) is 0 Å². The van der Waals surface area contributed by atoms with Gasteiger partial charge in [0, 0.05) is 0 Å². The molecular formula is C9H16Cl2. The van der Waals surface area contributed by atoms with Crippen LogP contribution in [-0.2, 0) is 0 Å². The molecule has 0 heterocycles. The second-order valence-corrected chi connectivity index (χ2v) is 2.99. The van der Waals surface area contributed by atoms with Gasteiger partial charge < -0.3 is 0 Å². The van der Waals surface area contributed by atoms with Gasteiger partial charge in [0.25, 0.3) is 0 Å². The molecule has 0 aromatic heterocycles. The lowest BCUT2D eigenvalue weighted by Gasteiger charge is -1.94. The molecule has 0 fully saturated rings. The number of allylic oxidation sites excluding steroid dienone is 4. The van der Waals surface area contributed by atoms with E-state index in [2.05, 4.69) is 27.7 Å². The Balaban J connectivity index is 0. The summed E-state index contributed by atoms with van der Waals surface area (Å²) in [5.74, 6) is 0. The Hall–Kier alpha value is 0.0600. The minimum absolute atomic E-state index is 0. The van der Waals surface area contributed by atoms with Crippen LogP contribution < -0.4 is 0 Å². The first-order chi connectivity index (χ1) is 4.13. The fourth-order valence-corrected chi connectivity index (χ4v) is 1.30. The maximum absolute atomic E-state index is 2.22. The monoisotopic (exact) mass is 194 g/mol. The molecule has 0 N–H and O–H groups in total. The summed E-state index contributed by atoms with van der Waals surface area (Å²) in [6.45, 7) is 8.85. The molecule has 0 unspecified atom stereocenters. The third-order valence-corrected chi connectivity index (χ3v) is 2.37. The second-order valence-electron chi connectivity index (χ2n) is 2.99. The van der Waals surface area contributed by atoms with Crippen molar-refractivity contribution in [3.8, 4) is 0 Å². The highest BCUT2D eigenvalue weighted by atomic mass is 35.5. The molecule has 0 amide bonds. The van der Waals surface area contributed by atoms with Crippen LogP contribution in [0.25, 0.3) is 0 Å². The van der Waals surface area contributed by atoms with Gasteiger partial charge in [-0.1, -0.05) is 11.1 Å². The quantitative estimate of drug-likeness (QED) is 0.549. The van der Waals surface area contributed by atoms with E-state index >= 15 is 0 Å². The van der Waals surface area contributed by atoms with Crippen molar-refractivity contribution in [2.24, 2.45) is 0 Å². The minimum atomic E-state index is 0. The maximum Gasteiger partial charge on any atom is -0.0102 e. The topological polar surface area (TPSA) is 0 Å². The van der Waals surface area contributed by atoms with Gasteiger partial charge in [0.15, 0.2) is 0 Å². The Morgan fingerprint density at radius 1 is 0.727 bits per heavy atom. The van der Waals surface area contributed by atoms with Crippen LogP contribution in [0.1, 0.15) is 34.1 Å². The average molecular weight is 195 g/mol. The molecule has 0 radical (unpaired) electrons. The van der Waals surface area contributed by atoms with Crippen molar-refractivity contribution in [2.45, 2.75) is 34.1 Å². The van der Waals surface area contributed by atoms with Gasteiger partial charge in [0.1, 0.15) is 0 Å². The van der Waals surface area contributed by atoms with Gasteiger partial charge in [-0.25, -0.2) is 0 Å². The van der Waals surface area contributed by atoms with Crippen molar-refractivity contribution < 1.29 is 0 Å². The fourth-order valence-electron chi connectivity index (χ4n) is 1.30. The Bertz CT molecular complexity index is 178. The summed E-state index contributed by atoms with van der Waals surface area (Å²) in [6.07, 6.45) is 1.21. The van der Waals surface area contributed by atoms with E-state index < -0.39 is 0 Å². The van der Waals surface area contributed by atoms with Crippen LogP contribution in [0.3, 0.4) is 0 Å². The minimum Gasteiger partial charge on any atom is -0.147 e. The molecule has 0 saturated carbocycles. The predicted molar refractivity (Wildman–Crippen MR) is 55.9 cm³/mol. The van der Waals surface area contributed by atoms with E-state index in [4.69, 9.17) is 0 Å². The molecular weight excluding hydrogens is 179 g/mol. The lowest BCUT2D eigenvalue weighted by molar-refractivity contribution is 1.13. The molecule has 0 aromatic rings. The van der Waals surface area contributed by atoms with Gasteiger partial charge in [-0.2, -0.15) is 0 Å². The zero-order chi connectivity index (χ0) is 7.02. The van der Waals surface area contributed by atoms with Crippen molar-refractivity contribution in [2.75, 3.05) is 0 Å². The zero-order valence-corrected chi connectivity index (χ0v) is 9.16. The van der Waals surface area contributed by atoms with Crippen molar-refractivity contribution >= 4 is 24.8 Å². The molecule has 0 aliphatic heterocycles. The van der Waals surface area contributed by atoms with Crippen molar-refractivity contribution in [3.05, 3.63) is 22.3 Å². The normalized spacial score (nSPS) is 16.4. The Kier molecular flexibility index (Phi) is 6.00. The first-order valence-electron chi connectivity index (χ1n) is 3.46. The Morgan fingerprint density at radius 2 is 1.00 bits per heavy atom. The van der Waals surface area contributed by atoms with Crippen LogP contribution in [0.4, 0.5) is 0 Å². The van der Waals surface area contributed by atoms with Gasteiger partial charge in [-0.3, -0.25) is 0 Å². The van der Waals surface area contributed by atoms with E-state index in [-0.39, 0.29) is 24.8 Å². The number of rotatable bonds is 0. The largest absolute Gasteiger partial charge is 0.147 e. The van der Waals surface area contributed by atoms with E-state index in [0.717, 1.165) is 0 Å². The van der Waals surface area contributed by atoms with Crippen LogP contribution in [0.2, 0.25) is 0 Å².